The van der Waals surface area contributed by atoms with Crippen LogP contribution in [0.1, 0.15) is 32.6 Å². The van der Waals surface area contributed by atoms with E-state index in [0.29, 0.717) is 22.7 Å². The average Bonchev–Trinajstić information content (AvgIpc) is 2.76. The second-order valence-corrected chi connectivity index (χ2v) is 6.03. The second-order valence-electron chi connectivity index (χ2n) is 6.03. The fourth-order valence-corrected chi connectivity index (χ4v) is 2.04. The molecule has 1 aliphatic rings. The predicted octanol–water partition coefficient (Wildman–Crippen LogP) is 1.15. The molecule has 7 nitrogen and oxygen atoms in total. The van der Waals surface area contributed by atoms with Gasteiger partial charge in [-0.1, -0.05) is 12.1 Å². The van der Waals surface area contributed by atoms with Gasteiger partial charge in [0.25, 0.3) is 0 Å². The van der Waals surface area contributed by atoms with Crippen LogP contribution in [0.25, 0.3) is 0 Å². The van der Waals surface area contributed by atoms with Gasteiger partial charge in [-0.3, -0.25) is 5.41 Å². The van der Waals surface area contributed by atoms with Crippen LogP contribution in [-0.4, -0.2) is 44.6 Å². The molecule has 0 aromatic heterocycles. The van der Waals surface area contributed by atoms with Crippen LogP contribution < -0.4 is 5.73 Å². The number of amidine groups is 1. The predicted molar refractivity (Wildman–Crippen MR) is 86.5 cm³/mol. The van der Waals surface area contributed by atoms with Crippen molar-refractivity contribution in [2.45, 2.75) is 32.5 Å². The molecule has 5 N–H and O–H groups in total. The number of hydrogen-bond acceptors (Lipinski definition) is 6. The summed E-state index contributed by atoms with van der Waals surface area (Å²) in [7, 11) is 0. The van der Waals surface area contributed by atoms with Crippen LogP contribution in [0.2, 0.25) is 0 Å². The van der Waals surface area contributed by atoms with Gasteiger partial charge >= 0.3 is 0 Å². The molecular weight excluding hydrogens is 282 g/mol. The number of rotatable bonds is 3. The Hall–Kier alpha value is -2.09. The third-order valence-electron chi connectivity index (χ3n) is 3.19. The Balaban J connectivity index is 2.34. The fourth-order valence-electron chi connectivity index (χ4n) is 2.04. The molecule has 0 radical (unpaired) electrons. The number of hydrazone groups is 1. The molecule has 1 heterocycles. The number of benzene rings is 1. The van der Waals surface area contributed by atoms with E-state index < -0.39 is 6.23 Å². The average molecular weight is 303 g/mol. The number of aliphatic hydroxyl groups is 2. The number of hydrogen-bond donors (Lipinski definition) is 4. The van der Waals surface area contributed by atoms with Gasteiger partial charge in [0.2, 0.25) is 0 Å². The first-order valence-corrected chi connectivity index (χ1v) is 6.94. The maximum Gasteiger partial charge on any atom is 0.170 e. The third-order valence-corrected chi connectivity index (χ3v) is 3.19. The van der Waals surface area contributed by atoms with E-state index in [4.69, 9.17) is 11.1 Å². The largest absolute Gasteiger partial charge is 0.390 e. The molecule has 7 heteroatoms. The molecule has 1 atom stereocenters. The summed E-state index contributed by atoms with van der Waals surface area (Å²) in [6.45, 7) is 5.51. The van der Waals surface area contributed by atoms with Gasteiger partial charge in [0.15, 0.2) is 5.84 Å². The van der Waals surface area contributed by atoms with E-state index in [-0.39, 0.29) is 18.0 Å². The van der Waals surface area contributed by atoms with Gasteiger partial charge in [-0.25, -0.2) is 10.0 Å². The van der Waals surface area contributed by atoms with Crippen LogP contribution in [0.4, 0.5) is 5.69 Å². The van der Waals surface area contributed by atoms with E-state index in [1.54, 1.807) is 24.3 Å². The summed E-state index contributed by atoms with van der Waals surface area (Å²) in [5, 5.41) is 32.8. The molecule has 1 unspecified atom stereocenters. The SMILES string of the molecule is CC(C)(C)N1N=C(CO)C(=Nc2ccc(C(N)O)cc2)C1=N. The summed E-state index contributed by atoms with van der Waals surface area (Å²) in [6, 6.07) is 6.72. The van der Waals surface area contributed by atoms with Crippen molar-refractivity contribution >= 4 is 22.9 Å². The van der Waals surface area contributed by atoms with Crippen molar-refractivity contribution in [3.8, 4) is 0 Å². The lowest BCUT2D eigenvalue weighted by Crippen LogP contribution is -2.41. The van der Waals surface area contributed by atoms with Crippen molar-refractivity contribution in [2.24, 2.45) is 15.8 Å². The third kappa shape index (κ3) is 3.22. The highest BCUT2D eigenvalue weighted by atomic mass is 16.3. The maximum absolute atomic E-state index is 9.45. The van der Waals surface area contributed by atoms with Crippen molar-refractivity contribution in [1.29, 1.82) is 5.41 Å². The molecule has 0 fully saturated rings. The molecule has 1 aromatic rings. The zero-order valence-electron chi connectivity index (χ0n) is 12.9. The molecule has 0 bridgehead atoms. The molecule has 2 rings (SSSR count). The van der Waals surface area contributed by atoms with Crippen LogP contribution in [0.3, 0.4) is 0 Å². The fraction of sp³-hybridized carbons (Fsp3) is 0.400. The Morgan fingerprint density at radius 1 is 1.32 bits per heavy atom. The van der Waals surface area contributed by atoms with Crippen LogP contribution in [0, 0.1) is 5.41 Å². The summed E-state index contributed by atoms with van der Waals surface area (Å²) in [6.07, 6.45) is -1.03. The normalized spacial score (nSPS) is 18.8. The zero-order chi connectivity index (χ0) is 16.5. The molecule has 1 aromatic carbocycles. The van der Waals surface area contributed by atoms with Gasteiger partial charge < -0.3 is 15.9 Å². The molecular formula is C15H21N5O2. The second kappa shape index (κ2) is 5.96. The molecule has 22 heavy (non-hydrogen) atoms. The van der Waals surface area contributed by atoms with Crippen molar-refractivity contribution in [3.63, 3.8) is 0 Å². The highest BCUT2D eigenvalue weighted by Crippen LogP contribution is 2.23. The summed E-state index contributed by atoms with van der Waals surface area (Å²) in [5.41, 5.74) is 6.90. The van der Waals surface area contributed by atoms with E-state index in [1.807, 2.05) is 20.8 Å². The summed E-state index contributed by atoms with van der Waals surface area (Å²) in [5.74, 6) is 0.152. The van der Waals surface area contributed by atoms with Crippen molar-refractivity contribution in [1.82, 2.24) is 5.01 Å². The number of nitrogens with one attached hydrogen (secondary N) is 1. The Labute approximate surface area is 129 Å². The lowest BCUT2D eigenvalue weighted by Gasteiger charge is -2.29. The molecule has 0 saturated heterocycles. The maximum atomic E-state index is 9.45. The van der Waals surface area contributed by atoms with Crippen LogP contribution in [-0.2, 0) is 0 Å². The molecule has 0 amide bonds. The van der Waals surface area contributed by atoms with Crippen molar-refractivity contribution in [3.05, 3.63) is 29.8 Å². The Morgan fingerprint density at radius 2 is 1.91 bits per heavy atom. The van der Waals surface area contributed by atoms with Crippen molar-refractivity contribution in [2.75, 3.05) is 6.61 Å². The Kier molecular flexibility index (Phi) is 4.41. The van der Waals surface area contributed by atoms with Crippen LogP contribution >= 0.6 is 0 Å². The van der Waals surface area contributed by atoms with E-state index in [1.165, 1.54) is 5.01 Å². The Morgan fingerprint density at radius 3 is 2.36 bits per heavy atom. The van der Waals surface area contributed by atoms with Gasteiger partial charge in [0.05, 0.1) is 17.8 Å². The van der Waals surface area contributed by atoms with Gasteiger partial charge in [0, 0.05) is 0 Å². The van der Waals surface area contributed by atoms with Gasteiger partial charge in [0.1, 0.15) is 17.7 Å². The topological polar surface area (TPSA) is 118 Å². The minimum atomic E-state index is -1.03. The highest BCUT2D eigenvalue weighted by molar-refractivity contribution is 6.70. The van der Waals surface area contributed by atoms with E-state index in [9.17, 15) is 10.2 Å². The van der Waals surface area contributed by atoms with Gasteiger partial charge in [-0.15, -0.1) is 0 Å². The van der Waals surface area contributed by atoms with Crippen LogP contribution in [0.15, 0.2) is 34.4 Å². The molecule has 118 valence electrons. The monoisotopic (exact) mass is 303 g/mol. The minimum absolute atomic E-state index is 0.152. The quantitative estimate of drug-likeness (QED) is 0.626. The first-order chi connectivity index (χ1) is 10.2. The first kappa shape index (κ1) is 16.3. The summed E-state index contributed by atoms with van der Waals surface area (Å²) in [4.78, 5) is 4.39. The number of nitrogens with two attached hydrogens (primary N) is 1. The number of aliphatic imine (C=N–C) groups is 1. The summed E-state index contributed by atoms with van der Waals surface area (Å²) >= 11 is 0. The molecule has 0 spiro atoms. The lowest BCUT2D eigenvalue weighted by molar-refractivity contribution is 0.186. The van der Waals surface area contributed by atoms with Crippen LogP contribution in [0.5, 0.6) is 0 Å². The first-order valence-electron chi connectivity index (χ1n) is 6.94. The highest BCUT2D eigenvalue weighted by Gasteiger charge is 2.34. The van der Waals surface area contributed by atoms with Gasteiger partial charge in [-0.2, -0.15) is 5.10 Å². The summed E-state index contributed by atoms with van der Waals surface area (Å²) < 4.78 is 0. The number of nitrogens with zero attached hydrogens (tertiary/aromatic N) is 3. The van der Waals surface area contributed by atoms with E-state index in [2.05, 4.69) is 10.1 Å². The lowest BCUT2D eigenvalue weighted by atomic mass is 10.1. The van der Waals surface area contributed by atoms with Crippen molar-refractivity contribution < 1.29 is 10.2 Å². The molecule has 0 aliphatic carbocycles. The standard InChI is InChI=1S/C15H21N5O2/c1-15(2,3)20-13(16)12(11(8-21)19-20)18-10-6-4-9(5-7-10)14(17)22/h4-7,14,16,21-22H,8,17H2,1-3H3. The molecule has 1 aliphatic heterocycles. The molecule has 0 saturated carbocycles. The minimum Gasteiger partial charge on any atom is -0.390 e. The smallest absolute Gasteiger partial charge is 0.170 e. The van der Waals surface area contributed by atoms with E-state index in [0.717, 1.165) is 0 Å². The zero-order valence-corrected chi connectivity index (χ0v) is 12.9. The Bertz CT molecular complexity index is 626. The van der Waals surface area contributed by atoms with Gasteiger partial charge in [-0.05, 0) is 38.5 Å². The van der Waals surface area contributed by atoms with E-state index >= 15 is 0 Å². The number of aliphatic hydroxyl groups excluding tert-OH is 2.